The van der Waals surface area contributed by atoms with Crippen LogP contribution in [0.2, 0.25) is 0 Å². The molecule has 1 saturated heterocycles. The van der Waals surface area contributed by atoms with Gasteiger partial charge in [0, 0.05) is 24.6 Å². The monoisotopic (exact) mass is 640 g/mol. The van der Waals surface area contributed by atoms with Crippen molar-refractivity contribution in [2.45, 2.75) is 22.6 Å². The lowest BCUT2D eigenvalue weighted by Gasteiger charge is -2.49. The Balaban J connectivity index is 1.27. The fraction of sp³-hybridized carbons (Fsp3) is 0.269. The number of tetrazole rings is 1. The van der Waals surface area contributed by atoms with Crippen LogP contribution in [0.4, 0.5) is 5.69 Å². The van der Waals surface area contributed by atoms with Crippen molar-refractivity contribution in [1.29, 1.82) is 0 Å². The molecule has 2 aromatic carbocycles. The van der Waals surface area contributed by atoms with Gasteiger partial charge in [0.25, 0.3) is 11.8 Å². The highest BCUT2D eigenvalue weighted by Gasteiger charge is 2.54. The number of hydrogen-bond acceptors (Lipinski definition) is 12. The summed E-state index contributed by atoms with van der Waals surface area (Å²) in [6.07, 6.45) is 0. The minimum atomic E-state index is -1.27. The summed E-state index contributed by atoms with van der Waals surface area (Å²) in [7, 11) is 1.65. The summed E-state index contributed by atoms with van der Waals surface area (Å²) in [6.45, 7) is -0.617. The molecule has 0 saturated carbocycles. The van der Waals surface area contributed by atoms with Gasteiger partial charge in [0.05, 0.1) is 4.92 Å². The van der Waals surface area contributed by atoms with Gasteiger partial charge < -0.3 is 20.5 Å². The van der Waals surface area contributed by atoms with Gasteiger partial charge in [-0.3, -0.25) is 29.4 Å². The molecule has 0 bridgehead atoms. The van der Waals surface area contributed by atoms with E-state index in [1.807, 2.05) is 0 Å². The van der Waals surface area contributed by atoms with Crippen LogP contribution < -0.4 is 15.4 Å². The smallest absolute Gasteiger partial charge is 0.352 e. The van der Waals surface area contributed by atoms with Crippen LogP contribution >= 0.6 is 23.5 Å². The van der Waals surface area contributed by atoms with E-state index in [0.29, 0.717) is 22.0 Å². The molecular formula is C26H24N8O8S2. The third-order valence-electron chi connectivity index (χ3n) is 6.63. The Kier molecular flexibility index (Phi) is 9.09. The van der Waals surface area contributed by atoms with Crippen molar-refractivity contribution < 1.29 is 33.9 Å². The quantitative estimate of drug-likeness (QED) is 0.109. The van der Waals surface area contributed by atoms with Gasteiger partial charge >= 0.3 is 11.7 Å². The van der Waals surface area contributed by atoms with Crippen molar-refractivity contribution >= 4 is 52.9 Å². The highest BCUT2D eigenvalue weighted by atomic mass is 32.2. The predicted molar refractivity (Wildman–Crippen MR) is 155 cm³/mol. The molecule has 5 rings (SSSR count). The number of aliphatic carboxylic acids is 1. The lowest BCUT2D eigenvalue weighted by atomic mass is 10.0. The average molecular weight is 641 g/mol. The lowest BCUT2D eigenvalue weighted by molar-refractivity contribution is -0.385. The van der Waals surface area contributed by atoms with Crippen LogP contribution in [0.1, 0.15) is 11.6 Å². The highest BCUT2D eigenvalue weighted by molar-refractivity contribution is 8.01. The Bertz CT molecular complexity index is 1650. The highest BCUT2D eigenvalue weighted by Crippen LogP contribution is 2.41. The topological polar surface area (TPSA) is 212 Å². The van der Waals surface area contributed by atoms with Crippen molar-refractivity contribution in [3.8, 4) is 5.75 Å². The number of nitrogens with zero attached hydrogens (tertiary/aromatic N) is 6. The molecule has 0 aliphatic carbocycles. The summed E-state index contributed by atoms with van der Waals surface area (Å²) in [6, 6.07) is 11.6. The van der Waals surface area contributed by atoms with Gasteiger partial charge in [-0.2, -0.15) is 0 Å². The summed E-state index contributed by atoms with van der Waals surface area (Å²) in [5.41, 5.74) is 0.454. The molecule has 2 aliphatic heterocycles. The van der Waals surface area contributed by atoms with Gasteiger partial charge in [0.1, 0.15) is 23.2 Å². The molecule has 1 fully saturated rings. The third kappa shape index (κ3) is 6.35. The zero-order valence-corrected chi connectivity index (χ0v) is 24.5. The minimum Gasteiger partial charge on any atom is -0.477 e. The van der Waals surface area contributed by atoms with Gasteiger partial charge in [0.2, 0.25) is 11.1 Å². The van der Waals surface area contributed by atoms with Gasteiger partial charge in [-0.05, 0) is 27.6 Å². The second-order valence-electron chi connectivity index (χ2n) is 9.45. The zero-order valence-electron chi connectivity index (χ0n) is 22.9. The number of benzene rings is 2. The minimum absolute atomic E-state index is 0.115. The fourth-order valence-corrected chi connectivity index (χ4v) is 6.88. The van der Waals surface area contributed by atoms with Crippen molar-refractivity contribution in [2.24, 2.45) is 7.05 Å². The number of rotatable bonds is 12. The van der Waals surface area contributed by atoms with Crippen LogP contribution in [0.15, 0.2) is 71.0 Å². The summed E-state index contributed by atoms with van der Waals surface area (Å²) < 4.78 is 6.80. The number of amides is 3. The van der Waals surface area contributed by atoms with E-state index in [0.717, 1.165) is 4.90 Å². The largest absolute Gasteiger partial charge is 0.477 e. The van der Waals surface area contributed by atoms with E-state index in [4.69, 9.17) is 4.74 Å². The molecule has 228 valence electrons. The number of carboxylic acids is 1. The maximum Gasteiger partial charge on any atom is 0.352 e. The number of hydrogen-bond donors (Lipinski definition) is 3. The third-order valence-corrected chi connectivity index (χ3v) is 9.06. The Morgan fingerprint density at radius 1 is 1.20 bits per heavy atom. The molecule has 0 radical (unpaired) electrons. The van der Waals surface area contributed by atoms with Gasteiger partial charge in [-0.15, -0.1) is 16.9 Å². The predicted octanol–water partition coefficient (Wildman–Crippen LogP) is 0.886. The van der Waals surface area contributed by atoms with Crippen LogP contribution in [-0.4, -0.2) is 88.4 Å². The van der Waals surface area contributed by atoms with Crippen molar-refractivity contribution in [2.75, 3.05) is 18.1 Å². The summed E-state index contributed by atoms with van der Waals surface area (Å²) in [5, 5.41) is 37.4. The number of nitrogens with one attached hydrogen (secondary N) is 2. The van der Waals surface area contributed by atoms with E-state index in [1.165, 1.54) is 52.5 Å². The first-order valence-corrected chi connectivity index (χ1v) is 14.9. The Labute approximate surface area is 257 Å². The van der Waals surface area contributed by atoms with Crippen LogP contribution in [-0.2, 0) is 26.2 Å². The summed E-state index contributed by atoms with van der Waals surface area (Å²) in [4.78, 5) is 63.5. The number of ether oxygens (including phenoxy) is 1. The SMILES string of the molecule is Cn1nnnc1SCC1=C(C(=O)O)N2C(=O)C(NC(=O)[C@@H](NC(=O)COc3ccccc3[N+](=O)[O-])c3ccccc3)[C@@H]2SC1. The van der Waals surface area contributed by atoms with Crippen LogP contribution in [0.3, 0.4) is 0 Å². The standard InChI is InChI=1S/C26H24N8O8S2/c1-32-26(29-30-31-32)44-13-15-12-43-24-20(23(37)33(24)21(15)25(38)39)28-22(36)19(14-7-3-2-4-8-14)27-18(35)11-42-17-10-6-5-9-16(17)34(40)41/h2-10,19-20,24H,11-13H2,1H3,(H,27,35)(H,28,36)(H,38,39)/t19-,20?,24-/m0/s1. The number of thioether (sulfide) groups is 2. The molecule has 2 aliphatic rings. The first kappa shape index (κ1) is 30.5. The second kappa shape index (κ2) is 13.1. The molecule has 3 N–H and O–H groups in total. The molecule has 18 heteroatoms. The van der Waals surface area contributed by atoms with Gasteiger partial charge in [-0.1, -0.05) is 54.2 Å². The van der Waals surface area contributed by atoms with Crippen molar-refractivity contribution in [1.82, 2.24) is 35.7 Å². The number of nitro benzene ring substituents is 1. The molecule has 3 heterocycles. The number of carboxylic acid groups (broad SMARTS) is 1. The molecule has 1 unspecified atom stereocenters. The molecule has 1 aromatic heterocycles. The van der Waals surface area contributed by atoms with Crippen LogP contribution in [0, 0.1) is 10.1 Å². The fourth-order valence-electron chi connectivity index (χ4n) is 4.55. The van der Waals surface area contributed by atoms with Crippen LogP contribution in [0.5, 0.6) is 5.75 Å². The summed E-state index contributed by atoms with van der Waals surface area (Å²) in [5.74, 6) is -2.89. The Morgan fingerprint density at radius 3 is 2.61 bits per heavy atom. The first-order chi connectivity index (χ1) is 21.2. The molecule has 16 nitrogen and oxygen atoms in total. The number of carbonyl (C=O) groups excluding carboxylic acids is 3. The number of aryl methyl sites for hydroxylation is 1. The number of para-hydroxylation sites is 2. The lowest BCUT2D eigenvalue weighted by Crippen LogP contribution is -2.71. The Hall–Kier alpha value is -4.97. The molecule has 3 aromatic rings. The van der Waals surface area contributed by atoms with E-state index < -0.39 is 52.7 Å². The van der Waals surface area contributed by atoms with E-state index in [-0.39, 0.29) is 22.9 Å². The van der Waals surface area contributed by atoms with Crippen molar-refractivity contribution in [3.63, 3.8) is 0 Å². The number of aromatic nitrogens is 4. The van der Waals surface area contributed by atoms with E-state index in [2.05, 4.69) is 26.2 Å². The summed E-state index contributed by atoms with van der Waals surface area (Å²) >= 11 is 2.54. The maximum absolute atomic E-state index is 13.5. The number of carbonyl (C=O) groups is 4. The molecule has 44 heavy (non-hydrogen) atoms. The maximum atomic E-state index is 13.5. The van der Waals surface area contributed by atoms with Crippen LogP contribution in [0.25, 0.3) is 0 Å². The van der Waals surface area contributed by atoms with Crippen molar-refractivity contribution in [3.05, 3.63) is 81.5 Å². The first-order valence-electron chi connectivity index (χ1n) is 12.9. The van der Waals surface area contributed by atoms with E-state index in [1.54, 1.807) is 37.4 Å². The normalized spacial score (nSPS) is 18.1. The van der Waals surface area contributed by atoms with E-state index in [9.17, 15) is 34.4 Å². The van der Waals surface area contributed by atoms with Gasteiger partial charge in [0.15, 0.2) is 12.4 Å². The molecule has 3 atom stereocenters. The average Bonchev–Trinajstić information content (AvgIpc) is 3.44. The zero-order chi connectivity index (χ0) is 31.4. The second-order valence-corrected chi connectivity index (χ2v) is 11.5. The molecular weight excluding hydrogens is 616 g/mol. The van der Waals surface area contributed by atoms with E-state index >= 15 is 0 Å². The van der Waals surface area contributed by atoms with Gasteiger partial charge in [-0.25, -0.2) is 9.48 Å². The Morgan fingerprint density at radius 2 is 1.93 bits per heavy atom. The number of nitro groups is 1. The number of β-lactam (4-membered cyclic amide) rings is 1. The molecule has 3 amide bonds. The number of fused-ring (bicyclic) bond motifs is 1. The molecule has 0 spiro atoms.